The van der Waals surface area contributed by atoms with Crippen molar-refractivity contribution in [3.8, 4) is 0 Å². The average Bonchev–Trinajstić information content (AvgIpc) is 2.67. The van der Waals surface area contributed by atoms with Crippen molar-refractivity contribution >= 4 is 11.7 Å². The summed E-state index contributed by atoms with van der Waals surface area (Å²) in [4.78, 5) is 12.0. The largest absolute Gasteiger partial charge is 0.338 e. The molecule has 1 fully saturated rings. The summed E-state index contributed by atoms with van der Waals surface area (Å²) >= 11 is 0. The number of carbonyl (C=O) groups is 1. The lowest BCUT2D eigenvalue weighted by Gasteiger charge is -2.30. The summed E-state index contributed by atoms with van der Waals surface area (Å²) in [6.07, 6.45) is 4.76. The fraction of sp³-hybridized carbons (Fsp3) is 0.381. The van der Waals surface area contributed by atoms with Crippen LogP contribution in [-0.4, -0.2) is 18.6 Å². The quantitative estimate of drug-likeness (QED) is 0.741. The third-order valence-electron chi connectivity index (χ3n) is 4.80. The summed E-state index contributed by atoms with van der Waals surface area (Å²) in [7, 11) is 0. The summed E-state index contributed by atoms with van der Waals surface area (Å²) in [6.45, 7) is 1.66. The minimum absolute atomic E-state index is 0.120. The molecule has 0 saturated heterocycles. The molecule has 3 rings (SSSR count). The van der Waals surface area contributed by atoms with E-state index in [1.165, 1.54) is 24.8 Å². The maximum atomic E-state index is 12.0. The molecule has 1 aliphatic rings. The first kappa shape index (κ1) is 17.5. The monoisotopic (exact) mass is 337 g/mol. The van der Waals surface area contributed by atoms with E-state index in [9.17, 15) is 4.79 Å². The van der Waals surface area contributed by atoms with Crippen LogP contribution >= 0.6 is 0 Å². The average molecular weight is 337 g/mol. The third kappa shape index (κ3) is 5.91. The predicted molar refractivity (Wildman–Crippen MR) is 102 cm³/mol. The number of hydrogen-bond donors (Lipinski definition) is 3. The van der Waals surface area contributed by atoms with E-state index in [1.54, 1.807) is 0 Å². The van der Waals surface area contributed by atoms with Crippen LogP contribution < -0.4 is 16.0 Å². The number of anilines is 1. The van der Waals surface area contributed by atoms with Crippen LogP contribution in [0.3, 0.4) is 0 Å². The molecule has 2 aromatic rings. The molecule has 0 aromatic heterocycles. The van der Waals surface area contributed by atoms with E-state index in [0.29, 0.717) is 12.0 Å². The minimum Gasteiger partial charge on any atom is -0.338 e. The Morgan fingerprint density at radius 1 is 0.960 bits per heavy atom. The first-order chi connectivity index (χ1) is 12.3. The minimum atomic E-state index is -0.120. The predicted octanol–water partition coefficient (Wildman–Crippen LogP) is 4.16. The molecule has 0 bridgehead atoms. The Morgan fingerprint density at radius 3 is 2.44 bits per heavy atom. The molecule has 0 radical (unpaired) electrons. The lowest BCUT2D eigenvalue weighted by molar-refractivity contribution is 0.242. The molecule has 2 aromatic carbocycles. The second-order valence-corrected chi connectivity index (χ2v) is 6.80. The van der Waals surface area contributed by atoms with Gasteiger partial charge in [0.15, 0.2) is 0 Å². The fourth-order valence-electron chi connectivity index (χ4n) is 3.45. The number of nitrogens with one attached hydrogen (secondary N) is 3. The van der Waals surface area contributed by atoms with Gasteiger partial charge >= 0.3 is 6.03 Å². The molecule has 2 amide bonds. The highest BCUT2D eigenvalue weighted by atomic mass is 16.2. The molecule has 4 nitrogen and oxygen atoms in total. The zero-order chi connectivity index (χ0) is 17.3. The van der Waals surface area contributed by atoms with Crippen LogP contribution in [0.2, 0.25) is 0 Å². The molecule has 0 spiro atoms. The Bertz CT molecular complexity index is 645. The summed E-state index contributed by atoms with van der Waals surface area (Å²) in [5.41, 5.74) is 2.15. The van der Waals surface area contributed by atoms with E-state index < -0.39 is 0 Å². The molecule has 1 saturated carbocycles. The van der Waals surface area contributed by atoms with Gasteiger partial charge in [0.1, 0.15) is 0 Å². The van der Waals surface area contributed by atoms with Gasteiger partial charge in [-0.2, -0.15) is 0 Å². The van der Waals surface area contributed by atoms with Crippen LogP contribution in [0, 0.1) is 5.92 Å². The Kier molecular flexibility index (Phi) is 6.46. The van der Waals surface area contributed by atoms with Crippen LogP contribution in [-0.2, 0) is 6.54 Å². The molecule has 0 unspecified atom stereocenters. The highest BCUT2D eigenvalue weighted by molar-refractivity contribution is 5.89. The number of hydrogen-bond acceptors (Lipinski definition) is 2. The van der Waals surface area contributed by atoms with Crippen LogP contribution in [0.4, 0.5) is 10.5 Å². The van der Waals surface area contributed by atoms with Gasteiger partial charge in [0, 0.05) is 24.8 Å². The lowest BCUT2D eigenvalue weighted by atomic mass is 9.85. The van der Waals surface area contributed by atoms with Crippen molar-refractivity contribution in [1.29, 1.82) is 0 Å². The molecule has 132 valence electrons. The van der Waals surface area contributed by atoms with Crippen molar-refractivity contribution < 1.29 is 4.79 Å². The zero-order valence-corrected chi connectivity index (χ0v) is 14.6. The maximum absolute atomic E-state index is 12.0. The van der Waals surface area contributed by atoms with E-state index in [4.69, 9.17) is 0 Å². The van der Waals surface area contributed by atoms with Gasteiger partial charge in [-0.05, 0) is 42.9 Å². The van der Waals surface area contributed by atoms with Gasteiger partial charge in [0.25, 0.3) is 0 Å². The number of carbonyl (C=O) groups excluding carboxylic acids is 1. The standard InChI is InChI=1S/C21H27N3O/c25-21(24-19-11-5-2-6-12-19)23-16-18-10-7-13-20(14-18)22-15-17-8-3-1-4-9-17/h1-6,8-9,11-12,18,20,22H,7,10,13-16H2,(H2,23,24,25)/t18-,20+/m0/s1. The van der Waals surface area contributed by atoms with E-state index in [-0.39, 0.29) is 6.03 Å². The highest BCUT2D eigenvalue weighted by Gasteiger charge is 2.22. The molecule has 0 aliphatic heterocycles. The van der Waals surface area contributed by atoms with Crippen molar-refractivity contribution in [1.82, 2.24) is 10.6 Å². The van der Waals surface area contributed by atoms with Crippen molar-refractivity contribution in [2.24, 2.45) is 5.92 Å². The van der Waals surface area contributed by atoms with Crippen LogP contribution in [0.5, 0.6) is 0 Å². The molecule has 3 N–H and O–H groups in total. The van der Waals surface area contributed by atoms with Crippen molar-refractivity contribution in [2.45, 2.75) is 38.3 Å². The first-order valence-corrected chi connectivity index (χ1v) is 9.17. The number of para-hydroxylation sites is 1. The Balaban J connectivity index is 1.38. The van der Waals surface area contributed by atoms with E-state index in [1.807, 2.05) is 36.4 Å². The van der Waals surface area contributed by atoms with Crippen molar-refractivity contribution in [2.75, 3.05) is 11.9 Å². The smallest absolute Gasteiger partial charge is 0.319 e. The van der Waals surface area contributed by atoms with Gasteiger partial charge in [-0.15, -0.1) is 0 Å². The molecule has 25 heavy (non-hydrogen) atoms. The van der Waals surface area contributed by atoms with Gasteiger partial charge < -0.3 is 16.0 Å². The summed E-state index contributed by atoms with van der Waals surface area (Å²) in [6, 6.07) is 20.5. The molecule has 0 heterocycles. The molecule has 2 atom stereocenters. The topological polar surface area (TPSA) is 53.2 Å². The van der Waals surface area contributed by atoms with Crippen LogP contribution in [0.25, 0.3) is 0 Å². The van der Waals surface area contributed by atoms with Gasteiger partial charge in [-0.1, -0.05) is 55.0 Å². The van der Waals surface area contributed by atoms with Gasteiger partial charge in [0.2, 0.25) is 0 Å². The third-order valence-corrected chi connectivity index (χ3v) is 4.80. The molecular weight excluding hydrogens is 310 g/mol. The summed E-state index contributed by atoms with van der Waals surface area (Å²) < 4.78 is 0. The number of amides is 2. The fourth-order valence-corrected chi connectivity index (χ4v) is 3.45. The molecular formula is C21H27N3O. The van der Waals surface area contributed by atoms with Gasteiger partial charge in [0.05, 0.1) is 0 Å². The SMILES string of the molecule is O=C(NC[C@H]1CCC[C@@H](NCc2ccccc2)C1)Nc1ccccc1. The molecule has 1 aliphatic carbocycles. The highest BCUT2D eigenvalue weighted by Crippen LogP contribution is 2.24. The summed E-state index contributed by atoms with van der Waals surface area (Å²) in [5, 5.41) is 9.56. The van der Waals surface area contributed by atoms with E-state index in [2.05, 4.69) is 40.2 Å². The van der Waals surface area contributed by atoms with Crippen LogP contribution in [0.15, 0.2) is 60.7 Å². The number of urea groups is 1. The van der Waals surface area contributed by atoms with E-state index in [0.717, 1.165) is 25.2 Å². The number of rotatable bonds is 6. The Hall–Kier alpha value is -2.33. The normalized spacial score (nSPS) is 20.0. The maximum Gasteiger partial charge on any atom is 0.319 e. The second-order valence-electron chi connectivity index (χ2n) is 6.80. The zero-order valence-electron chi connectivity index (χ0n) is 14.6. The number of benzene rings is 2. The van der Waals surface area contributed by atoms with Gasteiger partial charge in [-0.25, -0.2) is 4.79 Å². The Labute approximate surface area is 150 Å². The van der Waals surface area contributed by atoms with Crippen LogP contribution in [0.1, 0.15) is 31.2 Å². The lowest BCUT2D eigenvalue weighted by Crippen LogP contribution is -2.39. The Morgan fingerprint density at radius 2 is 1.68 bits per heavy atom. The first-order valence-electron chi connectivity index (χ1n) is 9.17. The van der Waals surface area contributed by atoms with Crippen molar-refractivity contribution in [3.63, 3.8) is 0 Å². The van der Waals surface area contributed by atoms with E-state index >= 15 is 0 Å². The van der Waals surface area contributed by atoms with Gasteiger partial charge in [-0.3, -0.25) is 0 Å². The van der Waals surface area contributed by atoms with Crippen molar-refractivity contribution in [3.05, 3.63) is 66.2 Å². The second kappa shape index (κ2) is 9.23. The summed E-state index contributed by atoms with van der Waals surface area (Å²) in [5.74, 6) is 0.545. The molecule has 4 heteroatoms.